The van der Waals surface area contributed by atoms with E-state index in [1.807, 2.05) is 13.1 Å². The van der Waals surface area contributed by atoms with Crippen molar-refractivity contribution >= 4 is 11.9 Å². The lowest BCUT2D eigenvalue weighted by Gasteiger charge is -2.35. The Balaban J connectivity index is 1.41. The molecule has 7 heteroatoms. The molecule has 2 fully saturated rings. The zero-order valence-electron chi connectivity index (χ0n) is 16.6. The predicted molar refractivity (Wildman–Crippen MR) is 106 cm³/mol. The standard InChI is InChI=1S/C21H31FN4O2/c1-24(20(27)19-6-3-10-26(19)21(23)28)15-17-8-12-25(13-9-17)11-7-16-4-2-5-18(22)14-16/h2,4-5,14,17,19H,3,6-13,15H2,1H3,(H2,23,28)/t19-/m0/s1. The predicted octanol–water partition coefficient (Wildman–Crippen LogP) is 2.08. The van der Waals surface area contributed by atoms with Crippen molar-refractivity contribution in [2.24, 2.45) is 11.7 Å². The number of amides is 3. The lowest BCUT2D eigenvalue weighted by atomic mass is 9.95. The summed E-state index contributed by atoms with van der Waals surface area (Å²) in [5.74, 6) is 0.300. The van der Waals surface area contributed by atoms with Gasteiger partial charge >= 0.3 is 6.03 Å². The number of urea groups is 1. The molecule has 0 aliphatic carbocycles. The van der Waals surface area contributed by atoms with Gasteiger partial charge in [0.15, 0.2) is 0 Å². The number of halogens is 1. The molecule has 0 bridgehead atoms. The van der Waals surface area contributed by atoms with Gasteiger partial charge in [0.1, 0.15) is 11.9 Å². The zero-order chi connectivity index (χ0) is 20.1. The molecule has 6 nitrogen and oxygen atoms in total. The summed E-state index contributed by atoms with van der Waals surface area (Å²) >= 11 is 0. The van der Waals surface area contributed by atoms with Crippen molar-refractivity contribution in [1.82, 2.24) is 14.7 Å². The maximum absolute atomic E-state index is 13.3. The maximum atomic E-state index is 13.3. The second kappa shape index (κ2) is 9.37. The van der Waals surface area contributed by atoms with Crippen molar-refractivity contribution in [3.63, 3.8) is 0 Å². The molecule has 0 unspecified atom stereocenters. The highest BCUT2D eigenvalue weighted by Crippen LogP contribution is 2.22. The number of benzene rings is 1. The first-order valence-corrected chi connectivity index (χ1v) is 10.2. The number of rotatable bonds is 6. The molecule has 2 aliphatic heterocycles. The van der Waals surface area contributed by atoms with Gasteiger partial charge in [-0.05, 0) is 68.8 Å². The molecule has 2 aliphatic rings. The van der Waals surface area contributed by atoms with E-state index in [1.54, 1.807) is 17.0 Å². The highest BCUT2D eigenvalue weighted by atomic mass is 19.1. The van der Waals surface area contributed by atoms with Crippen LogP contribution in [0.2, 0.25) is 0 Å². The van der Waals surface area contributed by atoms with E-state index < -0.39 is 12.1 Å². The van der Waals surface area contributed by atoms with Crippen LogP contribution >= 0.6 is 0 Å². The zero-order valence-corrected chi connectivity index (χ0v) is 16.6. The number of hydrogen-bond donors (Lipinski definition) is 1. The van der Waals surface area contributed by atoms with E-state index >= 15 is 0 Å². The summed E-state index contributed by atoms with van der Waals surface area (Å²) in [6.45, 7) is 4.22. The van der Waals surface area contributed by atoms with Crippen LogP contribution < -0.4 is 5.73 Å². The van der Waals surface area contributed by atoms with Crippen LogP contribution in [0.5, 0.6) is 0 Å². The Labute approximate surface area is 166 Å². The fraction of sp³-hybridized carbons (Fsp3) is 0.619. The van der Waals surface area contributed by atoms with Crippen LogP contribution in [0.25, 0.3) is 0 Å². The summed E-state index contributed by atoms with van der Waals surface area (Å²) in [5.41, 5.74) is 6.42. The molecule has 2 N–H and O–H groups in total. The molecule has 2 saturated heterocycles. The van der Waals surface area contributed by atoms with Crippen molar-refractivity contribution in [3.05, 3.63) is 35.6 Å². The molecule has 1 aromatic carbocycles. The summed E-state index contributed by atoms with van der Waals surface area (Å²) < 4.78 is 13.3. The first-order valence-electron chi connectivity index (χ1n) is 10.2. The van der Waals surface area contributed by atoms with Gasteiger partial charge in [0.05, 0.1) is 0 Å². The van der Waals surface area contributed by atoms with Crippen molar-refractivity contribution in [2.45, 2.75) is 38.1 Å². The van der Waals surface area contributed by atoms with Gasteiger partial charge in [-0.3, -0.25) is 4.79 Å². The van der Waals surface area contributed by atoms with Crippen LogP contribution in [0.4, 0.5) is 9.18 Å². The number of likely N-dealkylation sites (tertiary alicyclic amines) is 2. The van der Waals surface area contributed by atoms with Crippen molar-refractivity contribution < 1.29 is 14.0 Å². The molecule has 0 radical (unpaired) electrons. The summed E-state index contributed by atoms with van der Waals surface area (Å²) in [4.78, 5) is 29.9. The molecule has 1 atom stereocenters. The number of piperidine rings is 1. The van der Waals surface area contributed by atoms with Gasteiger partial charge in [-0.25, -0.2) is 9.18 Å². The number of hydrogen-bond acceptors (Lipinski definition) is 3. The van der Waals surface area contributed by atoms with Crippen LogP contribution in [-0.4, -0.2) is 72.5 Å². The van der Waals surface area contributed by atoms with E-state index in [9.17, 15) is 14.0 Å². The molecule has 3 amide bonds. The van der Waals surface area contributed by atoms with E-state index in [4.69, 9.17) is 5.73 Å². The molecule has 0 spiro atoms. The third-order valence-corrected chi connectivity index (χ3v) is 6.04. The van der Waals surface area contributed by atoms with Gasteiger partial charge in [0, 0.05) is 26.7 Å². The van der Waals surface area contributed by atoms with Crippen molar-refractivity contribution in [3.8, 4) is 0 Å². The van der Waals surface area contributed by atoms with E-state index in [0.717, 1.165) is 57.4 Å². The number of primary amides is 1. The van der Waals surface area contributed by atoms with Gasteiger partial charge in [-0.1, -0.05) is 12.1 Å². The van der Waals surface area contributed by atoms with E-state index in [-0.39, 0.29) is 11.7 Å². The Hall–Kier alpha value is -2.15. The lowest BCUT2D eigenvalue weighted by Crippen LogP contribution is -2.49. The number of nitrogens with zero attached hydrogens (tertiary/aromatic N) is 3. The van der Waals surface area contributed by atoms with Crippen LogP contribution in [0.1, 0.15) is 31.2 Å². The van der Waals surface area contributed by atoms with Crippen LogP contribution in [0.3, 0.4) is 0 Å². The summed E-state index contributed by atoms with van der Waals surface area (Å²) in [5, 5.41) is 0. The number of carbonyl (C=O) groups excluding carboxylic acids is 2. The summed E-state index contributed by atoms with van der Waals surface area (Å²) in [6, 6.07) is 5.90. The second-order valence-corrected chi connectivity index (χ2v) is 8.07. The Kier molecular flexibility index (Phi) is 6.88. The van der Waals surface area contributed by atoms with Gasteiger partial charge in [0.2, 0.25) is 5.91 Å². The van der Waals surface area contributed by atoms with E-state index in [1.165, 1.54) is 11.0 Å². The molecule has 1 aromatic rings. The van der Waals surface area contributed by atoms with Crippen molar-refractivity contribution in [2.75, 3.05) is 39.8 Å². The van der Waals surface area contributed by atoms with E-state index in [2.05, 4.69) is 4.90 Å². The minimum atomic E-state index is -0.504. The monoisotopic (exact) mass is 390 g/mol. The van der Waals surface area contributed by atoms with Crippen LogP contribution in [0, 0.1) is 11.7 Å². The molecular weight excluding hydrogens is 359 g/mol. The largest absolute Gasteiger partial charge is 0.351 e. The summed E-state index contributed by atoms with van der Waals surface area (Å²) in [6.07, 6.45) is 4.48. The Morgan fingerprint density at radius 2 is 1.96 bits per heavy atom. The SMILES string of the molecule is CN(CC1CCN(CCc2cccc(F)c2)CC1)C(=O)[C@@H]1CCCN1C(N)=O. The highest BCUT2D eigenvalue weighted by molar-refractivity contribution is 5.87. The quantitative estimate of drug-likeness (QED) is 0.809. The Morgan fingerprint density at radius 1 is 1.21 bits per heavy atom. The Bertz CT molecular complexity index is 691. The molecular formula is C21H31FN4O2. The molecule has 154 valence electrons. The number of likely N-dealkylation sites (N-methyl/N-ethyl adjacent to an activating group) is 1. The molecule has 3 rings (SSSR count). The smallest absolute Gasteiger partial charge is 0.315 e. The average molecular weight is 391 g/mol. The third kappa shape index (κ3) is 5.22. The minimum Gasteiger partial charge on any atom is -0.351 e. The topological polar surface area (TPSA) is 69.9 Å². The number of nitrogens with two attached hydrogens (primary N) is 1. The van der Waals surface area contributed by atoms with Gasteiger partial charge in [-0.2, -0.15) is 0 Å². The lowest BCUT2D eigenvalue weighted by molar-refractivity contribution is -0.134. The first kappa shape index (κ1) is 20.6. The number of carbonyl (C=O) groups is 2. The highest BCUT2D eigenvalue weighted by Gasteiger charge is 2.35. The van der Waals surface area contributed by atoms with Gasteiger partial charge in [-0.15, -0.1) is 0 Å². The van der Waals surface area contributed by atoms with E-state index in [0.29, 0.717) is 18.9 Å². The van der Waals surface area contributed by atoms with Crippen LogP contribution in [0.15, 0.2) is 24.3 Å². The minimum absolute atomic E-state index is 0.00448. The molecule has 2 heterocycles. The third-order valence-electron chi connectivity index (χ3n) is 6.04. The average Bonchev–Trinajstić information content (AvgIpc) is 3.17. The van der Waals surface area contributed by atoms with Gasteiger partial charge in [0.25, 0.3) is 0 Å². The first-order chi connectivity index (χ1) is 13.4. The molecule has 0 saturated carbocycles. The van der Waals surface area contributed by atoms with Gasteiger partial charge < -0.3 is 20.4 Å². The Morgan fingerprint density at radius 3 is 2.64 bits per heavy atom. The molecule has 0 aromatic heterocycles. The summed E-state index contributed by atoms with van der Waals surface area (Å²) in [7, 11) is 1.83. The van der Waals surface area contributed by atoms with Crippen LogP contribution in [-0.2, 0) is 11.2 Å². The fourth-order valence-corrected chi connectivity index (χ4v) is 4.39. The normalized spacial score (nSPS) is 21.1. The fourth-order valence-electron chi connectivity index (χ4n) is 4.39. The maximum Gasteiger partial charge on any atom is 0.315 e. The van der Waals surface area contributed by atoms with Crippen molar-refractivity contribution in [1.29, 1.82) is 0 Å². The second-order valence-electron chi connectivity index (χ2n) is 8.07. The molecule has 28 heavy (non-hydrogen) atoms.